The van der Waals surface area contributed by atoms with Crippen molar-refractivity contribution < 1.29 is 9.21 Å². The van der Waals surface area contributed by atoms with Crippen LogP contribution in [0.25, 0.3) is 11.3 Å². The highest BCUT2D eigenvalue weighted by molar-refractivity contribution is 5.72. The summed E-state index contributed by atoms with van der Waals surface area (Å²) in [6, 6.07) is 11.9. The van der Waals surface area contributed by atoms with Gasteiger partial charge >= 0.3 is 0 Å². The number of carbonyl (C=O) groups excluding carboxylic acids is 1. The van der Waals surface area contributed by atoms with Crippen molar-refractivity contribution in [2.24, 2.45) is 0 Å². The maximum absolute atomic E-state index is 10.6. The average Bonchev–Trinajstić information content (AvgIpc) is 2.90. The Kier molecular flexibility index (Phi) is 3.98. The number of aldehydes is 1. The summed E-state index contributed by atoms with van der Waals surface area (Å²) in [4.78, 5) is 10.6. The van der Waals surface area contributed by atoms with Crippen molar-refractivity contribution in [3.8, 4) is 11.3 Å². The van der Waals surface area contributed by atoms with Gasteiger partial charge in [-0.2, -0.15) is 0 Å². The average molecular weight is 242 g/mol. The fourth-order valence-corrected chi connectivity index (χ4v) is 2.25. The van der Waals surface area contributed by atoms with Crippen molar-refractivity contribution in [3.63, 3.8) is 0 Å². The Hall–Kier alpha value is -1.83. The topological polar surface area (TPSA) is 30.2 Å². The van der Waals surface area contributed by atoms with Gasteiger partial charge in [-0.1, -0.05) is 38.1 Å². The summed E-state index contributed by atoms with van der Waals surface area (Å²) in [6.07, 6.45) is 3.04. The molecule has 2 aromatic rings. The van der Waals surface area contributed by atoms with E-state index in [1.807, 2.05) is 6.07 Å². The van der Waals surface area contributed by atoms with E-state index < -0.39 is 0 Å². The summed E-state index contributed by atoms with van der Waals surface area (Å²) in [6.45, 7) is 4.43. The Morgan fingerprint density at radius 3 is 2.22 bits per heavy atom. The molecule has 94 valence electrons. The van der Waals surface area contributed by atoms with Gasteiger partial charge in [-0.25, -0.2) is 0 Å². The first-order valence-corrected chi connectivity index (χ1v) is 6.43. The van der Waals surface area contributed by atoms with Crippen LogP contribution in [-0.4, -0.2) is 6.29 Å². The van der Waals surface area contributed by atoms with Gasteiger partial charge in [0, 0.05) is 5.56 Å². The summed E-state index contributed by atoms with van der Waals surface area (Å²) >= 11 is 0. The minimum Gasteiger partial charge on any atom is -0.453 e. The maximum atomic E-state index is 10.6. The number of rotatable bonds is 5. The molecule has 18 heavy (non-hydrogen) atoms. The molecule has 2 heteroatoms. The van der Waals surface area contributed by atoms with Crippen LogP contribution in [0.3, 0.4) is 0 Å². The van der Waals surface area contributed by atoms with Crippen molar-refractivity contribution in [1.29, 1.82) is 0 Å². The first-order valence-electron chi connectivity index (χ1n) is 6.43. The third-order valence-corrected chi connectivity index (χ3v) is 3.40. The fourth-order valence-electron chi connectivity index (χ4n) is 2.25. The summed E-state index contributed by atoms with van der Waals surface area (Å²) < 4.78 is 5.40. The number of hydrogen-bond acceptors (Lipinski definition) is 2. The highest BCUT2D eigenvalue weighted by atomic mass is 16.3. The van der Waals surface area contributed by atoms with E-state index in [1.54, 1.807) is 6.07 Å². The van der Waals surface area contributed by atoms with Gasteiger partial charge in [-0.15, -0.1) is 0 Å². The Balaban J connectivity index is 2.24. The van der Waals surface area contributed by atoms with Crippen LogP contribution in [0.5, 0.6) is 0 Å². The molecule has 0 radical (unpaired) electrons. The highest BCUT2D eigenvalue weighted by Gasteiger charge is 2.08. The molecule has 0 unspecified atom stereocenters. The first kappa shape index (κ1) is 12.6. The Labute approximate surface area is 108 Å². The lowest BCUT2D eigenvalue weighted by molar-refractivity contribution is 0.110. The molecule has 0 spiro atoms. The zero-order valence-electron chi connectivity index (χ0n) is 10.8. The lowest BCUT2D eigenvalue weighted by atomic mass is 9.93. The molecule has 0 saturated heterocycles. The molecule has 2 rings (SSSR count). The minimum atomic E-state index is 0.370. The molecule has 1 heterocycles. The molecule has 0 N–H and O–H groups in total. The number of hydrogen-bond donors (Lipinski definition) is 0. The van der Waals surface area contributed by atoms with Crippen LogP contribution < -0.4 is 0 Å². The van der Waals surface area contributed by atoms with Crippen molar-refractivity contribution in [3.05, 3.63) is 47.7 Å². The van der Waals surface area contributed by atoms with E-state index in [9.17, 15) is 4.79 Å². The maximum Gasteiger partial charge on any atom is 0.185 e. The number of benzene rings is 1. The van der Waals surface area contributed by atoms with Crippen molar-refractivity contribution in [1.82, 2.24) is 0 Å². The van der Waals surface area contributed by atoms with Crippen LogP contribution in [0.2, 0.25) is 0 Å². The molecule has 0 aliphatic carbocycles. The second-order valence-corrected chi connectivity index (χ2v) is 4.46. The lowest BCUT2D eigenvalue weighted by Gasteiger charge is -2.12. The first-order chi connectivity index (χ1) is 8.78. The standard InChI is InChI=1S/C16H18O2/c1-3-12(4-2)13-5-7-14(8-6-13)16-10-9-15(11-17)18-16/h5-12H,3-4H2,1-2H3. The lowest BCUT2D eigenvalue weighted by Crippen LogP contribution is -1.94. The van der Waals surface area contributed by atoms with Gasteiger partial charge in [0.25, 0.3) is 0 Å². The number of carbonyl (C=O) groups is 1. The Bertz CT molecular complexity index is 504. The smallest absolute Gasteiger partial charge is 0.185 e. The Morgan fingerprint density at radius 2 is 1.72 bits per heavy atom. The molecule has 0 aliphatic rings. The van der Waals surface area contributed by atoms with Gasteiger partial charge in [0.1, 0.15) is 5.76 Å². The molecule has 1 aromatic carbocycles. The third-order valence-electron chi connectivity index (χ3n) is 3.40. The predicted molar refractivity (Wildman–Crippen MR) is 72.9 cm³/mol. The monoisotopic (exact) mass is 242 g/mol. The van der Waals surface area contributed by atoms with Gasteiger partial charge < -0.3 is 4.42 Å². The van der Waals surface area contributed by atoms with Gasteiger partial charge in [-0.3, -0.25) is 4.79 Å². The largest absolute Gasteiger partial charge is 0.453 e. The zero-order chi connectivity index (χ0) is 13.0. The number of furan rings is 1. The van der Waals surface area contributed by atoms with Gasteiger partial charge in [-0.05, 0) is 36.5 Å². The van der Waals surface area contributed by atoms with E-state index in [0.717, 1.165) is 30.5 Å². The zero-order valence-corrected chi connectivity index (χ0v) is 10.8. The normalized spacial score (nSPS) is 10.8. The fraction of sp³-hybridized carbons (Fsp3) is 0.312. The molecule has 0 amide bonds. The second kappa shape index (κ2) is 5.67. The van der Waals surface area contributed by atoms with Crippen LogP contribution in [0.15, 0.2) is 40.8 Å². The van der Waals surface area contributed by atoms with Crippen LogP contribution in [0, 0.1) is 0 Å². The van der Waals surface area contributed by atoms with Gasteiger partial charge in [0.15, 0.2) is 12.0 Å². The van der Waals surface area contributed by atoms with E-state index in [2.05, 4.69) is 38.1 Å². The molecule has 0 fully saturated rings. The Morgan fingerprint density at radius 1 is 1.06 bits per heavy atom. The summed E-state index contributed by atoms with van der Waals surface area (Å²) in [7, 11) is 0. The molecular weight excluding hydrogens is 224 g/mol. The quantitative estimate of drug-likeness (QED) is 0.713. The van der Waals surface area contributed by atoms with E-state index in [-0.39, 0.29) is 0 Å². The predicted octanol–water partition coefficient (Wildman–Crippen LogP) is 4.66. The third kappa shape index (κ3) is 2.53. The minimum absolute atomic E-state index is 0.370. The van der Waals surface area contributed by atoms with Crippen LogP contribution in [-0.2, 0) is 0 Å². The van der Waals surface area contributed by atoms with Crippen LogP contribution in [0.1, 0.15) is 48.7 Å². The molecular formula is C16H18O2. The van der Waals surface area contributed by atoms with Crippen LogP contribution in [0.4, 0.5) is 0 Å². The van der Waals surface area contributed by atoms with E-state index in [0.29, 0.717) is 11.7 Å². The highest BCUT2D eigenvalue weighted by Crippen LogP contribution is 2.27. The summed E-state index contributed by atoms with van der Waals surface area (Å²) in [5, 5.41) is 0. The van der Waals surface area contributed by atoms with Crippen molar-refractivity contribution in [2.45, 2.75) is 32.6 Å². The summed E-state index contributed by atoms with van der Waals surface area (Å²) in [5.41, 5.74) is 2.38. The second-order valence-electron chi connectivity index (χ2n) is 4.46. The van der Waals surface area contributed by atoms with Crippen LogP contribution >= 0.6 is 0 Å². The van der Waals surface area contributed by atoms with E-state index in [4.69, 9.17) is 4.42 Å². The SMILES string of the molecule is CCC(CC)c1ccc(-c2ccc(C=O)o2)cc1. The molecule has 0 bridgehead atoms. The van der Waals surface area contributed by atoms with Gasteiger partial charge in [0.2, 0.25) is 0 Å². The molecule has 0 saturated carbocycles. The molecule has 2 nitrogen and oxygen atoms in total. The van der Waals surface area contributed by atoms with Crippen molar-refractivity contribution in [2.75, 3.05) is 0 Å². The van der Waals surface area contributed by atoms with Crippen molar-refractivity contribution >= 4 is 6.29 Å². The molecule has 0 atom stereocenters. The van der Waals surface area contributed by atoms with Gasteiger partial charge in [0.05, 0.1) is 0 Å². The molecule has 1 aromatic heterocycles. The molecule has 0 aliphatic heterocycles. The van der Waals surface area contributed by atoms with E-state index >= 15 is 0 Å². The summed E-state index contributed by atoms with van der Waals surface area (Å²) in [5.74, 6) is 1.74. The van der Waals surface area contributed by atoms with E-state index in [1.165, 1.54) is 5.56 Å².